The third kappa shape index (κ3) is 4.54. The third-order valence-electron chi connectivity index (χ3n) is 4.61. The molecular weight excluding hydrogens is 420 g/mol. The van der Waals surface area contributed by atoms with E-state index in [0.29, 0.717) is 12.1 Å². The molecule has 0 fully saturated rings. The maximum Gasteiger partial charge on any atom is 0.451 e. The number of oxime groups is 1. The van der Waals surface area contributed by atoms with Gasteiger partial charge in [0, 0.05) is 32.0 Å². The van der Waals surface area contributed by atoms with Crippen molar-refractivity contribution in [1.29, 1.82) is 0 Å². The summed E-state index contributed by atoms with van der Waals surface area (Å²) in [6, 6.07) is 0.997. The molecule has 0 aliphatic carbocycles. The zero-order valence-electron chi connectivity index (χ0n) is 15.3. The van der Waals surface area contributed by atoms with Gasteiger partial charge in [0.05, 0.1) is 12.3 Å². The monoisotopic (exact) mass is 435 g/mol. The quantitative estimate of drug-likeness (QED) is 0.257. The van der Waals surface area contributed by atoms with E-state index in [-0.39, 0.29) is 56.0 Å². The Kier molecular flexibility index (Phi) is 5.99. The van der Waals surface area contributed by atoms with Gasteiger partial charge in [0.1, 0.15) is 5.82 Å². The minimum atomic E-state index is -4.65. The summed E-state index contributed by atoms with van der Waals surface area (Å²) in [5, 5.41) is 18.7. The Labute approximate surface area is 165 Å². The van der Waals surface area contributed by atoms with Crippen molar-refractivity contribution >= 4 is 11.6 Å². The van der Waals surface area contributed by atoms with Crippen LogP contribution in [0.2, 0.25) is 0 Å². The molecule has 0 bridgehead atoms. The highest BCUT2D eigenvalue weighted by molar-refractivity contribution is 5.89. The van der Waals surface area contributed by atoms with E-state index in [1.165, 1.54) is 4.90 Å². The molecule has 0 atom stereocenters. The fourth-order valence-corrected chi connectivity index (χ4v) is 3.08. The largest absolute Gasteiger partial charge is 0.451 e. The van der Waals surface area contributed by atoms with Gasteiger partial charge in [-0.1, -0.05) is 5.16 Å². The van der Waals surface area contributed by atoms with Crippen LogP contribution in [0.15, 0.2) is 17.3 Å². The maximum absolute atomic E-state index is 13.7. The van der Waals surface area contributed by atoms with Crippen LogP contribution in [0.1, 0.15) is 30.1 Å². The Morgan fingerprint density at radius 3 is 2.43 bits per heavy atom. The number of halogens is 6. The van der Waals surface area contributed by atoms with Crippen molar-refractivity contribution in [2.45, 2.75) is 38.5 Å². The zero-order valence-corrected chi connectivity index (χ0v) is 15.3. The van der Waals surface area contributed by atoms with E-state index in [2.05, 4.69) is 15.4 Å². The van der Waals surface area contributed by atoms with Gasteiger partial charge in [-0.2, -0.15) is 13.2 Å². The van der Waals surface area contributed by atoms with Crippen molar-refractivity contribution in [2.75, 3.05) is 6.54 Å². The second kappa shape index (κ2) is 8.32. The first kappa shape index (κ1) is 21.6. The number of alkyl halides is 3. The van der Waals surface area contributed by atoms with Gasteiger partial charge in [-0.15, -0.1) is 10.2 Å². The molecule has 3 rings (SSSR count). The Balaban J connectivity index is 1.60. The molecule has 1 aromatic heterocycles. The van der Waals surface area contributed by atoms with Crippen LogP contribution < -0.4 is 0 Å². The molecule has 0 radical (unpaired) electrons. The van der Waals surface area contributed by atoms with Crippen molar-refractivity contribution in [2.24, 2.45) is 5.16 Å². The highest BCUT2D eigenvalue weighted by atomic mass is 19.4. The molecule has 162 valence electrons. The number of hydrogen-bond donors (Lipinski definition) is 1. The van der Waals surface area contributed by atoms with Crippen LogP contribution in [-0.4, -0.2) is 43.0 Å². The number of hydrogen-bond acceptors (Lipinski definition) is 5. The van der Waals surface area contributed by atoms with Gasteiger partial charge < -0.3 is 14.7 Å². The molecule has 2 heterocycles. The lowest BCUT2D eigenvalue weighted by Crippen LogP contribution is -2.39. The molecule has 0 saturated carbocycles. The third-order valence-corrected chi connectivity index (χ3v) is 4.61. The topological polar surface area (TPSA) is 83.6 Å². The molecule has 0 spiro atoms. The number of aromatic nitrogens is 3. The number of amides is 1. The Hall–Kier alpha value is -3.12. The second-order valence-electron chi connectivity index (χ2n) is 6.61. The van der Waals surface area contributed by atoms with Gasteiger partial charge in [-0.25, -0.2) is 13.2 Å². The van der Waals surface area contributed by atoms with E-state index in [9.17, 15) is 31.1 Å². The van der Waals surface area contributed by atoms with E-state index in [1.807, 2.05) is 0 Å². The normalized spacial score (nSPS) is 14.7. The van der Waals surface area contributed by atoms with Crippen LogP contribution in [0, 0.1) is 17.5 Å². The summed E-state index contributed by atoms with van der Waals surface area (Å²) in [5.74, 6) is -5.26. The summed E-state index contributed by atoms with van der Waals surface area (Å²) in [6.45, 7) is -0.314. The summed E-state index contributed by atoms with van der Waals surface area (Å²) >= 11 is 0. The van der Waals surface area contributed by atoms with E-state index < -0.39 is 35.4 Å². The molecule has 0 unspecified atom stereocenters. The number of carbonyl (C=O) groups excluding carboxylic acids is 1. The fourth-order valence-electron chi connectivity index (χ4n) is 3.08. The van der Waals surface area contributed by atoms with Gasteiger partial charge in [0.25, 0.3) is 0 Å². The lowest BCUT2D eigenvalue weighted by atomic mass is 10.0. The number of fused-ring (bicyclic) bond motifs is 1. The number of rotatable bonds is 5. The number of nitrogens with zero attached hydrogens (tertiary/aromatic N) is 5. The first-order valence-corrected chi connectivity index (χ1v) is 8.70. The summed E-state index contributed by atoms with van der Waals surface area (Å²) in [7, 11) is 0. The zero-order chi connectivity index (χ0) is 22.1. The number of benzene rings is 1. The molecule has 1 amide bonds. The molecule has 1 N–H and O–H groups in total. The van der Waals surface area contributed by atoms with Gasteiger partial charge in [-0.05, 0) is 18.1 Å². The number of carbonyl (C=O) groups is 1. The van der Waals surface area contributed by atoms with Gasteiger partial charge in [0.2, 0.25) is 11.7 Å². The van der Waals surface area contributed by atoms with E-state index >= 15 is 0 Å². The SMILES string of the molecule is O=C(CC/C(Cc1cc(F)c(F)cc1F)=N\O)N1CCn2c(nnc2C(F)(F)F)C1. The molecule has 13 heteroatoms. The van der Waals surface area contributed by atoms with Gasteiger partial charge in [0.15, 0.2) is 17.5 Å². The van der Waals surface area contributed by atoms with Crippen molar-refractivity contribution < 1.29 is 36.3 Å². The highest BCUT2D eigenvalue weighted by Crippen LogP contribution is 2.29. The molecule has 1 aromatic carbocycles. The lowest BCUT2D eigenvalue weighted by Gasteiger charge is -2.28. The van der Waals surface area contributed by atoms with Crippen molar-refractivity contribution in [1.82, 2.24) is 19.7 Å². The van der Waals surface area contributed by atoms with Crippen LogP contribution in [0.5, 0.6) is 0 Å². The first-order chi connectivity index (χ1) is 14.1. The van der Waals surface area contributed by atoms with E-state index in [0.717, 1.165) is 4.57 Å². The molecule has 1 aliphatic rings. The van der Waals surface area contributed by atoms with Crippen LogP contribution in [0.25, 0.3) is 0 Å². The van der Waals surface area contributed by atoms with Gasteiger partial charge >= 0.3 is 6.18 Å². The van der Waals surface area contributed by atoms with E-state index in [4.69, 9.17) is 5.21 Å². The van der Waals surface area contributed by atoms with Crippen LogP contribution >= 0.6 is 0 Å². The Morgan fingerprint density at radius 1 is 1.07 bits per heavy atom. The van der Waals surface area contributed by atoms with Crippen molar-refractivity contribution in [3.63, 3.8) is 0 Å². The summed E-state index contributed by atoms with van der Waals surface area (Å²) in [6.07, 6.45) is -5.31. The minimum Gasteiger partial charge on any atom is -0.411 e. The van der Waals surface area contributed by atoms with Gasteiger partial charge in [-0.3, -0.25) is 4.79 Å². The summed E-state index contributed by atoms with van der Waals surface area (Å²) < 4.78 is 79.5. The van der Waals surface area contributed by atoms with Crippen LogP contribution in [0.3, 0.4) is 0 Å². The van der Waals surface area contributed by atoms with Crippen molar-refractivity contribution in [3.8, 4) is 0 Å². The molecule has 30 heavy (non-hydrogen) atoms. The average Bonchev–Trinajstić information content (AvgIpc) is 3.12. The minimum absolute atomic E-state index is 0.00362. The standard InChI is InChI=1S/C17H15F6N5O2/c18-11-7-13(20)12(19)6-9(11)5-10(26-30)1-2-15(29)27-3-4-28-14(8-27)24-25-16(28)17(21,22)23/h6-7,30H,1-5,8H2/b26-10+. The molecule has 0 saturated heterocycles. The average molecular weight is 435 g/mol. The lowest BCUT2D eigenvalue weighted by molar-refractivity contribution is -0.148. The molecule has 1 aliphatic heterocycles. The maximum atomic E-state index is 13.7. The summed E-state index contributed by atoms with van der Waals surface area (Å²) in [4.78, 5) is 13.7. The van der Waals surface area contributed by atoms with E-state index in [1.54, 1.807) is 0 Å². The predicted molar refractivity (Wildman–Crippen MR) is 88.9 cm³/mol. The Bertz CT molecular complexity index is 988. The predicted octanol–water partition coefficient (Wildman–Crippen LogP) is 2.91. The molecule has 2 aromatic rings. The summed E-state index contributed by atoms with van der Waals surface area (Å²) in [5.41, 5.74) is -0.298. The Morgan fingerprint density at radius 2 is 1.77 bits per heavy atom. The fraction of sp³-hybridized carbons (Fsp3) is 0.412. The van der Waals surface area contributed by atoms with Crippen molar-refractivity contribution in [3.05, 3.63) is 46.8 Å². The van der Waals surface area contributed by atoms with Crippen LogP contribution in [-0.2, 0) is 30.5 Å². The molecule has 7 nitrogen and oxygen atoms in total. The smallest absolute Gasteiger partial charge is 0.411 e. The first-order valence-electron chi connectivity index (χ1n) is 8.70. The van der Waals surface area contributed by atoms with Crippen LogP contribution in [0.4, 0.5) is 26.3 Å². The molecular formula is C17H15F6N5O2. The highest BCUT2D eigenvalue weighted by Gasteiger charge is 2.39. The second-order valence-corrected chi connectivity index (χ2v) is 6.61.